The van der Waals surface area contributed by atoms with Crippen LogP contribution < -0.4 is 5.73 Å². The molecule has 2 aromatic rings. The van der Waals surface area contributed by atoms with Crippen molar-refractivity contribution >= 4 is 27.3 Å². The van der Waals surface area contributed by atoms with Crippen LogP contribution in [0.4, 0.5) is 0 Å². The molecular weight excluding hydrogens is 284 g/mol. The Kier molecular flexibility index (Phi) is 3.74. The molecule has 0 bridgehead atoms. The minimum Gasteiger partial charge on any atom is -0.330 e. The first-order valence-electron chi connectivity index (χ1n) is 5.13. The molecule has 0 fully saturated rings. The molecule has 0 radical (unpaired) electrons. The van der Waals surface area contributed by atoms with E-state index in [-0.39, 0.29) is 0 Å². The number of thiazole rings is 1. The quantitative estimate of drug-likeness (QED) is 0.943. The molecule has 0 aliphatic rings. The fourth-order valence-corrected chi connectivity index (χ4v) is 3.26. The van der Waals surface area contributed by atoms with Gasteiger partial charge in [0, 0.05) is 14.9 Å². The van der Waals surface area contributed by atoms with Crippen molar-refractivity contribution in [2.24, 2.45) is 5.73 Å². The Labute approximate surface area is 108 Å². The molecule has 0 aliphatic heterocycles. The summed E-state index contributed by atoms with van der Waals surface area (Å²) in [6.45, 7) is 2.72. The number of rotatable bonds is 3. The Bertz CT molecular complexity index is 494. The van der Waals surface area contributed by atoms with E-state index in [1.165, 1.54) is 4.88 Å². The first-order chi connectivity index (χ1) is 7.72. The maximum absolute atomic E-state index is 5.58. The summed E-state index contributed by atoms with van der Waals surface area (Å²) in [5.74, 6) is 0. The van der Waals surface area contributed by atoms with Crippen LogP contribution in [-0.4, -0.2) is 11.5 Å². The molecule has 1 aromatic carbocycles. The molecule has 4 heteroatoms. The molecular formula is C12H13BrN2S. The molecule has 0 aliphatic carbocycles. The topological polar surface area (TPSA) is 38.9 Å². The van der Waals surface area contributed by atoms with Crippen molar-refractivity contribution in [2.45, 2.75) is 13.3 Å². The van der Waals surface area contributed by atoms with Crippen LogP contribution in [0, 0.1) is 6.92 Å². The third-order valence-electron chi connectivity index (χ3n) is 2.37. The Hall–Kier alpha value is -0.710. The summed E-state index contributed by atoms with van der Waals surface area (Å²) in [7, 11) is 0. The summed E-state index contributed by atoms with van der Waals surface area (Å²) >= 11 is 5.28. The molecule has 2 nitrogen and oxygen atoms in total. The summed E-state index contributed by atoms with van der Waals surface area (Å²) in [6.07, 6.45) is 0.911. The van der Waals surface area contributed by atoms with E-state index in [1.54, 1.807) is 11.3 Å². The van der Waals surface area contributed by atoms with E-state index in [0.29, 0.717) is 6.54 Å². The van der Waals surface area contributed by atoms with Gasteiger partial charge in [0.05, 0.1) is 5.69 Å². The highest BCUT2D eigenvalue weighted by Gasteiger charge is 2.10. The van der Waals surface area contributed by atoms with E-state index < -0.39 is 0 Å². The highest BCUT2D eigenvalue weighted by molar-refractivity contribution is 9.10. The fourth-order valence-electron chi connectivity index (χ4n) is 1.54. The van der Waals surface area contributed by atoms with E-state index in [4.69, 9.17) is 5.73 Å². The van der Waals surface area contributed by atoms with Crippen molar-refractivity contribution in [1.82, 2.24) is 4.98 Å². The van der Waals surface area contributed by atoms with Crippen molar-refractivity contribution in [2.75, 3.05) is 6.54 Å². The molecule has 0 unspecified atom stereocenters. The number of hydrogen-bond donors (Lipinski definition) is 1. The summed E-state index contributed by atoms with van der Waals surface area (Å²) in [5, 5.41) is 1.06. The van der Waals surface area contributed by atoms with Crippen LogP contribution in [0.1, 0.15) is 10.6 Å². The largest absolute Gasteiger partial charge is 0.330 e. The highest BCUT2D eigenvalue weighted by Crippen LogP contribution is 2.32. The minimum absolute atomic E-state index is 0.679. The van der Waals surface area contributed by atoms with Gasteiger partial charge in [0.1, 0.15) is 5.01 Å². The number of nitrogens with two attached hydrogens (primary N) is 1. The van der Waals surface area contributed by atoms with Crippen LogP contribution >= 0.6 is 27.3 Å². The van der Waals surface area contributed by atoms with Gasteiger partial charge in [-0.2, -0.15) is 0 Å². The Morgan fingerprint density at radius 3 is 2.81 bits per heavy atom. The molecule has 0 atom stereocenters. The lowest BCUT2D eigenvalue weighted by Gasteiger charge is -1.98. The van der Waals surface area contributed by atoms with Crippen LogP contribution in [0.15, 0.2) is 28.7 Å². The standard InChI is InChI=1S/C12H13BrN2S/c1-8-11(6-7-14)16-12(15-8)9-4-2-3-5-10(9)13/h2-5H,6-7,14H2,1H3. The SMILES string of the molecule is Cc1nc(-c2ccccc2Br)sc1CCN. The van der Waals surface area contributed by atoms with Gasteiger partial charge in [-0.15, -0.1) is 11.3 Å². The van der Waals surface area contributed by atoms with Crippen molar-refractivity contribution < 1.29 is 0 Å². The Balaban J connectivity index is 2.42. The molecule has 0 saturated carbocycles. The maximum atomic E-state index is 5.58. The van der Waals surface area contributed by atoms with Crippen molar-refractivity contribution in [3.8, 4) is 10.6 Å². The van der Waals surface area contributed by atoms with Gasteiger partial charge >= 0.3 is 0 Å². The van der Waals surface area contributed by atoms with Crippen LogP contribution in [0.2, 0.25) is 0 Å². The number of hydrogen-bond acceptors (Lipinski definition) is 3. The summed E-state index contributed by atoms with van der Waals surface area (Å²) in [4.78, 5) is 5.88. The molecule has 0 spiro atoms. The number of benzene rings is 1. The first-order valence-corrected chi connectivity index (χ1v) is 6.74. The van der Waals surface area contributed by atoms with Gasteiger partial charge in [0.25, 0.3) is 0 Å². The zero-order valence-electron chi connectivity index (χ0n) is 9.03. The molecule has 84 valence electrons. The highest BCUT2D eigenvalue weighted by atomic mass is 79.9. The van der Waals surface area contributed by atoms with E-state index >= 15 is 0 Å². The van der Waals surface area contributed by atoms with Gasteiger partial charge in [-0.1, -0.05) is 34.1 Å². The fraction of sp³-hybridized carbons (Fsp3) is 0.250. The molecule has 1 aromatic heterocycles. The number of nitrogens with zero attached hydrogens (tertiary/aromatic N) is 1. The predicted octanol–water partition coefficient (Wildman–Crippen LogP) is 3.38. The summed E-state index contributed by atoms with van der Waals surface area (Å²) < 4.78 is 1.09. The molecule has 16 heavy (non-hydrogen) atoms. The summed E-state index contributed by atoms with van der Waals surface area (Å²) in [6, 6.07) is 8.15. The molecule has 2 N–H and O–H groups in total. The zero-order chi connectivity index (χ0) is 11.5. The van der Waals surface area contributed by atoms with E-state index in [9.17, 15) is 0 Å². The lowest BCUT2D eigenvalue weighted by molar-refractivity contribution is 0.970. The van der Waals surface area contributed by atoms with E-state index in [1.807, 2.05) is 25.1 Å². The average molecular weight is 297 g/mol. The number of halogens is 1. The third-order valence-corrected chi connectivity index (χ3v) is 4.31. The second-order valence-electron chi connectivity index (χ2n) is 3.55. The lowest BCUT2D eigenvalue weighted by atomic mass is 10.2. The van der Waals surface area contributed by atoms with Crippen LogP contribution in [-0.2, 0) is 6.42 Å². The van der Waals surface area contributed by atoms with Crippen LogP contribution in [0.5, 0.6) is 0 Å². The Morgan fingerprint density at radius 1 is 1.38 bits per heavy atom. The second-order valence-corrected chi connectivity index (χ2v) is 5.48. The first kappa shape index (κ1) is 11.8. The van der Waals surface area contributed by atoms with Crippen molar-refractivity contribution in [3.05, 3.63) is 39.3 Å². The van der Waals surface area contributed by atoms with Gasteiger partial charge in [-0.3, -0.25) is 0 Å². The van der Waals surface area contributed by atoms with Gasteiger partial charge < -0.3 is 5.73 Å². The maximum Gasteiger partial charge on any atom is 0.124 e. The van der Waals surface area contributed by atoms with E-state index in [2.05, 4.69) is 27.0 Å². The Morgan fingerprint density at radius 2 is 2.12 bits per heavy atom. The third kappa shape index (κ3) is 2.34. The smallest absolute Gasteiger partial charge is 0.124 e. The van der Waals surface area contributed by atoms with Crippen molar-refractivity contribution in [1.29, 1.82) is 0 Å². The average Bonchev–Trinajstić information content (AvgIpc) is 2.61. The molecule has 0 saturated heterocycles. The van der Waals surface area contributed by atoms with Crippen LogP contribution in [0.3, 0.4) is 0 Å². The van der Waals surface area contributed by atoms with Gasteiger partial charge in [0.15, 0.2) is 0 Å². The number of aromatic nitrogens is 1. The second kappa shape index (κ2) is 5.08. The summed E-state index contributed by atoms with van der Waals surface area (Å²) in [5.41, 5.74) is 7.83. The molecule has 2 rings (SSSR count). The van der Waals surface area contributed by atoms with Gasteiger partial charge in [0.2, 0.25) is 0 Å². The van der Waals surface area contributed by atoms with Crippen LogP contribution in [0.25, 0.3) is 10.6 Å². The lowest BCUT2D eigenvalue weighted by Crippen LogP contribution is -2.01. The molecule has 0 amide bonds. The van der Waals surface area contributed by atoms with Crippen molar-refractivity contribution in [3.63, 3.8) is 0 Å². The van der Waals surface area contributed by atoms with Gasteiger partial charge in [-0.25, -0.2) is 4.98 Å². The normalized spacial score (nSPS) is 10.7. The van der Waals surface area contributed by atoms with E-state index in [0.717, 1.165) is 27.2 Å². The monoisotopic (exact) mass is 296 g/mol. The molecule has 1 heterocycles. The zero-order valence-corrected chi connectivity index (χ0v) is 11.4. The number of aryl methyl sites for hydroxylation is 1. The predicted molar refractivity (Wildman–Crippen MR) is 72.7 cm³/mol. The minimum atomic E-state index is 0.679. The van der Waals surface area contributed by atoms with Gasteiger partial charge in [-0.05, 0) is 26.0 Å².